The molecule has 2 nitrogen and oxygen atoms in total. The lowest BCUT2D eigenvalue weighted by atomic mass is 9.68. The molecule has 13 heavy (non-hydrogen) atoms. The van der Waals surface area contributed by atoms with Gasteiger partial charge in [0.05, 0.1) is 11.7 Å². The average molecular weight is 186 g/mol. The highest BCUT2D eigenvalue weighted by Crippen LogP contribution is 2.41. The molecule has 0 spiro atoms. The van der Waals surface area contributed by atoms with E-state index in [1.165, 1.54) is 0 Å². The minimum Gasteiger partial charge on any atom is -0.389 e. The number of hydrogen-bond donors (Lipinski definition) is 1. The van der Waals surface area contributed by atoms with Gasteiger partial charge in [-0.05, 0) is 19.3 Å². The van der Waals surface area contributed by atoms with Crippen molar-refractivity contribution in [2.45, 2.75) is 58.2 Å². The Bertz CT molecular complexity index is 150. The Kier molecular flexibility index (Phi) is 3.74. The molecule has 1 rings (SSSR count). The van der Waals surface area contributed by atoms with Gasteiger partial charge in [0.1, 0.15) is 0 Å². The van der Waals surface area contributed by atoms with Gasteiger partial charge in [0, 0.05) is 19.4 Å². The van der Waals surface area contributed by atoms with E-state index in [0.717, 1.165) is 32.3 Å². The van der Waals surface area contributed by atoms with Crippen molar-refractivity contribution in [2.75, 3.05) is 6.61 Å². The van der Waals surface area contributed by atoms with Gasteiger partial charge >= 0.3 is 0 Å². The van der Waals surface area contributed by atoms with Crippen LogP contribution in [0.1, 0.15) is 46.5 Å². The Hall–Kier alpha value is -0.0800. The lowest BCUT2D eigenvalue weighted by Gasteiger charge is -2.47. The van der Waals surface area contributed by atoms with Crippen molar-refractivity contribution in [3.63, 3.8) is 0 Å². The first-order valence-corrected chi connectivity index (χ1v) is 5.46. The van der Waals surface area contributed by atoms with Gasteiger partial charge in [0.25, 0.3) is 0 Å². The Morgan fingerprint density at radius 1 is 1.46 bits per heavy atom. The first-order chi connectivity index (χ1) is 6.12. The summed E-state index contributed by atoms with van der Waals surface area (Å²) in [6, 6.07) is 0. The zero-order chi connectivity index (χ0) is 9.90. The molecule has 0 amide bonds. The molecule has 1 aliphatic carbocycles. The molecule has 0 heterocycles. The molecule has 0 bridgehead atoms. The molecule has 1 aliphatic rings. The summed E-state index contributed by atoms with van der Waals surface area (Å²) in [5.41, 5.74) is -0.421. The maximum atomic E-state index is 10.1. The van der Waals surface area contributed by atoms with E-state index in [0.29, 0.717) is 12.0 Å². The van der Waals surface area contributed by atoms with Crippen LogP contribution in [0.3, 0.4) is 0 Å². The van der Waals surface area contributed by atoms with E-state index in [9.17, 15) is 5.11 Å². The molecule has 1 saturated carbocycles. The molecule has 1 N–H and O–H groups in total. The summed E-state index contributed by atoms with van der Waals surface area (Å²) in [7, 11) is 0. The maximum absolute atomic E-state index is 10.1. The molecule has 0 aromatic heterocycles. The van der Waals surface area contributed by atoms with Gasteiger partial charge in [-0.25, -0.2) is 0 Å². The van der Waals surface area contributed by atoms with Crippen LogP contribution < -0.4 is 0 Å². The number of aliphatic hydroxyl groups is 1. The van der Waals surface area contributed by atoms with Gasteiger partial charge < -0.3 is 9.84 Å². The minimum atomic E-state index is -0.421. The van der Waals surface area contributed by atoms with Gasteiger partial charge in [-0.3, -0.25) is 0 Å². The summed E-state index contributed by atoms with van der Waals surface area (Å²) in [5, 5.41) is 10.1. The summed E-state index contributed by atoms with van der Waals surface area (Å²) in [5.74, 6) is 0.425. The fraction of sp³-hybridized carbons (Fsp3) is 1.00. The molecule has 0 radical (unpaired) electrons. The predicted octanol–water partition coefficient (Wildman–Crippen LogP) is 2.35. The topological polar surface area (TPSA) is 29.5 Å². The van der Waals surface area contributed by atoms with Crippen LogP contribution in [0.4, 0.5) is 0 Å². The lowest BCUT2D eigenvalue weighted by molar-refractivity contribution is -0.164. The Morgan fingerprint density at radius 2 is 2.08 bits per heavy atom. The Labute approximate surface area is 81.3 Å². The first-order valence-electron chi connectivity index (χ1n) is 5.46. The third kappa shape index (κ3) is 2.44. The highest BCUT2D eigenvalue weighted by Gasteiger charge is 2.46. The quantitative estimate of drug-likeness (QED) is 0.714. The van der Waals surface area contributed by atoms with E-state index >= 15 is 0 Å². The SMILES string of the molecule is CCCC(C)C1(O)CC(OCC)C1. The van der Waals surface area contributed by atoms with E-state index in [1.807, 2.05) is 6.92 Å². The predicted molar refractivity (Wildman–Crippen MR) is 53.7 cm³/mol. The van der Waals surface area contributed by atoms with Gasteiger partial charge in [-0.2, -0.15) is 0 Å². The number of hydrogen-bond acceptors (Lipinski definition) is 2. The van der Waals surface area contributed by atoms with Crippen molar-refractivity contribution >= 4 is 0 Å². The van der Waals surface area contributed by atoms with E-state index in [2.05, 4.69) is 13.8 Å². The molecule has 0 saturated heterocycles. The molecular formula is C11H22O2. The van der Waals surface area contributed by atoms with Crippen molar-refractivity contribution in [3.8, 4) is 0 Å². The van der Waals surface area contributed by atoms with Crippen LogP contribution in [0, 0.1) is 5.92 Å². The third-order valence-corrected chi connectivity index (χ3v) is 3.20. The largest absolute Gasteiger partial charge is 0.389 e. The lowest BCUT2D eigenvalue weighted by Crippen LogP contribution is -2.52. The van der Waals surface area contributed by atoms with E-state index in [-0.39, 0.29) is 0 Å². The molecule has 1 fully saturated rings. The Balaban J connectivity index is 2.28. The summed E-state index contributed by atoms with van der Waals surface area (Å²) >= 11 is 0. The second kappa shape index (κ2) is 4.43. The second-order valence-corrected chi connectivity index (χ2v) is 4.28. The molecule has 1 atom stereocenters. The van der Waals surface area contributed by atoms with Crippen molar-refractivity contribution in [1.29, 1.82) is 0 Å². The maximum Gasteiger partial charge on any atom is 0.0722 e. The average Bonchev–Trinajstić information content (AvgIpc) is 2.02. The van der Waals surface area contributed by atoms with Crippen molar-refractivity contribution in [3.05, 3.63) is 0 Å². The molecule has 78 valence electrons. The molecule has 0 aliphatic heterocycles. The molecule has 1 unspecified atom stereocenters. The minimum absolute atomic E-state index is 0.314. The van der Waals surface area contributed by atoms with E-state index < -0.39 is 5.60 Å². The third-order valence-electron chi connectivity index (χ3n) is 3.20. The van der Waals surface area contributed by atoms with Gasteiger partial charge in [0.15, 0.2) is 0 Å². The van der Waals surface area contributed by atoms with Gasteiger partial charge in [-0.1, -0.05) is 20.3 Å². The van der Waals surface area contributed by atoms with E-state index in [1.54, 1.807) is 0 Å². The van der Waals surface area contributed by atoms with Crippen LogP contribution in [0.2, 0.25) is 0 Å². The summed E-state index contributed by atoms with van der Waals surface area (Å²) in [4.78, 5) is 0. The van der Waals surface area contributed by atoms with Crippen molar-refractivity contribution in [1.82, 2.24) is 0 Å². The van der Waals surface area contributed by atoms with Crippen molar-refractivity contribution in [2.24, 2.45) is 5.92 Å². The molecule has 0 aromatic rings. The molecule has 0 aromatic carbocycles. The number of ether oxygens (including phenoxy) is 1. The first kappa shape index (κ1) is 11.0. The van der Waals surface area contributed by atoms with Crippen LogP contribution >= 0.6 is 0 Å². The highest BCUT2D eigenvalue weighted by atomic mass is 16.5. The van der Waals surface area contributed by atoms with Gasteiger partial charge in [0.2, 0.25) is 0 Å². The zero-order valence-corrected chi connectivity index (χ0v) is 9.05. The fourth-order valence-electron chi connectivity index (χ4n) is 2.19. The summed E-state index contributed by atoms with van der Waals surface area (Å²) in [6.07, 6.45) is 4.26. The second-order valence-electron chi connectivity index (χ2n) is 4.28. The normalized spacial score (nSPS) is 35.5. The van der Waals surface area contributed by atoms with Crippen LogP contribution in [-0.2, 0) is 4.74 Å². The Morgan fingerprint density at radius 3 is 2.54 bits per heavy atom. The van der Waals surface area contributed by atoms with E-state index in [4.69, 9.17) is 4.74 Å². The molecular weight excluding hydrogens is 164 g/mol. The van der Waals surface area contributed by atoms with Crippen LogP contribution in [0.5, 0.6) is 0 Å². The van der Waals surface area contributed by atoms with Crippen LogP contribution in [0.15, 0.2) is 0 Å². The number of rotatable bonds is 5. The van der Waals surface area contributed by atoms with Gasteiger partial charge in [-0.15, -0.1) is 0 Å². The van der Waals surface area contributed by atoms with Crippen molar-refractivity contribution < 1.29 is 9.84 Å². The zero-order valence-electron chi connectivity index (χ0n) is 9.05. The monoisotopic (exact) mass is 186 g/mol. The summed E-state index contributed by atoms with van der Waals surface area (Å²) < 4.78 is 5.44. The highest BCUT2D eigenvalue weighted by molar-refractivity contribution is 4.98. The van der Waals surface area contributed by atoms with Crippen LogP contribution in [0.25, 0.3) is 0 Å². The smallest absolute Gasteiger partial charge is 0.0722 e. The summed E-state index contributed by atoms with van der Waals surface area (Å²) in [6.45, 7) is 7.08. The standard InChI is InChI=1S/C11H22O2/c1-4-6-9(3)11(12)7-10(8-11)13-5-2/h9-10,12H,4-8H2,1-3H3. The molecule has 2 heteroatoms. The van der Waals surface area contributed by atoms with Crippen LogP contribution in [-0.4, -0.2) is 23.4 Å². The fourth-order valence-corrected chi connectivity index (χ4v) is 2.19.